The summed E-state index contributed by atoms with van der Waals surface area (Å²) >= 11 is 0. The monoisotopic (exact) mass is 226 g/mol. The Morgan fingerprint density at radius 1 is 0.929 bits per heavy atom. The van der Waals surface area contributed by atoms with Crippen molar-refractivity contribution >= 4 is 0 Å². The quantitative estimate of drug-likeness (QED) is 0.513. The molecular weight excluding hydrogens is 212 g/mol. The number of rotatable bonds is 1. The van der Waals surface area contributed by atoms with Crippen molar-refractivity contribution in [2.24, 2.45) is 0 Å². The molecule has 0 bridgehead atoms. The second kappa shape index (κ2) is 5.85. The maximum absolute atomic E-state index is 2.22. The van der Waals surface area contributed by atoms with Crippen molar-refractivity contribution < 1.29 is 17.1 Å². The van der Waals surface area contributed by atoms with Gasteiger partial charge in [0.25, 0.3) is 0 Å². The van der Waals surface area contributed by atoms with Crippen molar-refractivity contribution in [2.75, 3.05) is 0 Å². The Labute approximate surface area is 96.2 Å². The van der Waals surface area contributed by atoms with Crippen LogP contribution in [0.25, 0.3) is 0 Å². The molecule has 1 fully saturated rings. The first kappa shape index (κ1) is 11.3. The van der Waals surface area contributed by atoms with Gasteiger partial charge in [0.15, 0.2) is 0 Å². The molecule has 0 atom stereocenters. The maximum atomic E-state index is 2.22. The molecule has 0 spiro atoms. The van der Waals surface area contributed by atoms with Gasteiger partial charge in [-0.2, -0.15) is 35.9 Å². The third-order valence-electron chi connectivity index (χ3n) is 2.29. The van der Waals surface area contributed by atoms with Crippen LogP contribution in [0.3, 0.4) is 0 Å². The van der Waals surface area contributed by atoms with Gasteiger partial charge >= 0.3 is 17.1 Å². The molecule has 1 saturated carbocycles. The molecule has 1 aliphatic carbocycles. The summed E-state index contributed by atoms with van der Waals surface area (Å²) in [6, 6.07) is 18.7. The van der Waals surface area contributed by atoms with Crippen LogP contribution in [0.2, 0.25) is 0 Å². The molecule has 74 valence electrons. The van der Waals surface area contributed by atoms with Gasteiger partial charge in [-0.3, -0.25) is 0 Å². The van der Waals surface area contributed by atoms with Crippen molar-refractivity contribution in [1.29, 1.82) is 0 Å². The first-order valence-corrected chi connectivity index (χ1v) is 4.85. The van der Waals surface area contributed by atoms with Crippen LogP contribution in [0, 0.1) is 0 Å². The fraction of sp³-hybridized carbons (Fsp3) is 0.231. The minimum absolute atomic E-state index is 0. The molecule has 0 nitrogen and oxygen atoms in total. The Balaban J connectivity index is 0.000000144. The third kappa shape index (κ3) is 3.53. The molecule has 0 unspecified atom stereocenters. The van der Waals surface area contributed by atoms with Crippen molar-refractivity contribution in [3.8, 4) is 0 Å². The molecule has 0 N–H and O–H groups in total. The second-order valence-electron chi connectivity index (χ2n) is 3.45. The first-order valence-electron chi connectivity index (χ1n) is 4.85. The van der Waals surface area contributed by atoms with Gasteiger partial charge < -0.3 is 0 Å². The molecule has 14 heavy (non-hydrogen) atoms. The fourth-order valence-corrected chi connectivity index (χ4v) is 1.40. The van der Waals surface area contributed by atoms with Crippen LogP contribution in [0.1, 0.15) is 24.3 Å². The summed E-state index contributed by atoms with van der Waals surface area (Å²) in [5.74, 6) is 0.935. The summed E-state index contributed by atoms with van der Waals surface area (Å²) in [5.41, 5.74) is 1.55. The van der Waals surface area contributed by atoms with E-state index in [-0.39, 0.29) is 17.1 Å². The van der Waals surface area contributed by atoms with E-state index in [0.29, 0.717) is 0 Å². The molecule has 0 aromatic heterocycles. The van der Waals surface area contributed by atoms with Crippen LogP contribution in [-0.2, 0) is 17.1 Å². The van der Waals surface area contributed by atoms with Crippen molar-refractivity contribution in [2.45, 2.75) is 18.8 Å². The molecule has 2 aromatic carbocycles. The van der Waals surface area contributed by atoms with Gasteiger partial charge in [0, 0.05) is 0 Å². The molecule has 0 amide bonds. The normalized spacial score (nSPS) is 13.7. The zero-order valence-corrected chi connectivity index (χ0v) is 9.15. The summed E-state index contributed by atoms with van der Waals surface area (Å²) in [7, 11) is 0. The van der Waals surface area contributed by atoms with Crippen LogP contribution in [-0.4, -0.2) is 0 Å². The average molecular weight is 226 g/mol. The summed E-state index contributed by atoms with van der Waals surface area (Å²) in [6.07, 6.45) is 2.84. The summed E-state index contributed by atoms with van der Waals surface area (Å²) in [5, 5.41) is 0. The summed E-state index contributed by atoms with van der Waals surface area (Å²) in [4.78, 5) is 0. The van der Waals surface area contributed by atoms with E-state index < -0.39 is 0 Å². The van der Waals surface area contributed by atoms with E-state index in [1.807, 2.05) is 30.3 Å². The number of hydrogen-bond donors (Lipinski definition) is 0. The Morgan fingerprint density at radius 3 is 1.86 bits per heavy atom. The standard InChI is InChI=1S/C8H9.C5H5.Fe/c1-2-4-7(3-1)8-5-6-8;1-2-4-5-3-1;/h1-4,8H,5-6H2;1-5H;/q2*-1;+2. The van der Waals surface area contributed by atoms with Gasteiger partial charge in [0.2, 0.25) is 0 Å². The average Bonchev–Trinajstić information content (AvgIpc) is 2.75. The van der Waals surface area contributed by atoms with Gasteiger partial charge in [-0.25, -0.2) is 24.3 Å². The molecule has 1 heteroatoms. The van der Waals surface area contributed by atoms with Crippen LogP contribution in [0.15, 0.2) is 54.6 Å². The van der Waals surface area contributed by atoms with E-state index in [9.17, 15) is 0 Å². The summed E-state index contributed by atoms with van der Waals surface area (Å²) in [6.45, 7) is 0. The van der Waals surface area contributed by atoms with E-state index in [2.05, 4.69) is 24.3 Å². The molecule has 3 rings (SSSR count). The Hall–Kier alpha value is -0.781. The Morgan fingerprint density at radius 2 is 1.50 bits per heavy atom. The molecule has 0 heterocycles. The van der Waals surface area contributed by atoms with E-state index >= 15 is 0 Å². The topological polar surface area (TPSA) is 0 Å². The maximum Gasteiger partial charge on any atom is 2.00 e. The third-order valence-corrected chi connectivity index (χ3v) is 2.29. The fourth-order valence-electron chi connectivity index (χ4n) is 1.40. The van der Waals surface area contributed by atoms with Crippen molar-refractivity contribution in [3.05, 3.63) is 60.2 Å². The largest absolute Gasteiger partial charge is 2.00 e. The second-order valence-corrected chi connectivity index (χ2v) is 3.45. The zero-order chi connectivity index (χ0) is 8.93. The number of hydrogen-bond acceptors (Lipinski definition) is 0. The molecule has 2 aromatic rings. The summed E-state index contributed by atoms with van der Waals surface area (Å²) < 4.78 is 0. The minimum atomic E-state index is 0. The Bertz CT molecular complexity index is 284. The van der Waals surface area contributed by atoms with Crippen LogP contribution < -0.4 is 0 Å². The SMILES string of the molecule is [Fe+2].c1cc[c-](C2CC2)c1.c1cc[cH-]c1. The molecule has 0 radical (unpaired) electrons. The predicted molar refractivity (Wildman–Crippen MR) is 56.0 cm³/mol. The minimum Gasteiger partial charge on any atom is -0.214 e. The molecule has 0 aliphatic heterocycles. The van der Waals surface area contributed by atoms with Crippen molar-refractivity contribution in [3.63, 3.8) is 0 Å². The van der Waals surface area contributed by atoms with E-state index in [0.717, 1.165) is 5.92 Å². The van der Waals surface area contributed by atoms with Gasteiger partial charge in [0.05, 0.1) is 0 Å². The van der Waals surface area contributed by atoms with Crippen molar-refractivity contribution in [1.82, 2.24) is 0 Å². The van der Waals surface area contributed by atoms with Crippen LogP contribution in [0.4, 0.5) is 0 Å². The van der Waals surface area contributed by atoms with E-state index in [4.69, 9.17) is 0 Å². The molecule has 1 aliphatic rings. The predicted octanol–water partition coefficient (Wildman–Crippen LogP) is 3.69. The van der Waals surface area contributed by atoms with E-state index in [1.165, 1.54) is 12.8 Å². The molecular formula is C13H14Fe. The van der Waals surface area contributed by atoms with E-state index in [1.54, 1.807) is 5.56 Å². The molecule has 0 saturated heterocycles. The smallest absolute Gasteiger partial charge is 0.214 e. The van der Waals surface area contributed by atoms with Gasteiger partial charge in [0.1, 0.15) is 0 Å². The zero-order valence-electron chi connectivity index (χ0n) is 8.04. The Kier molecular flexibility index (Phi) is 4.72. The first-order chi connectivity index (χ1) is 6.47. The van der Waals surface area contributed by atoms with Crippen LogP contribution in [0.5, 0.6) is 0 Å². The van der Waals surface area contributed by atoms with Gasteiger partial charge in [-0.15, -0.1) is 0 Å². The van der Waals surface area contributed by atoms with Gasteiger partial charge in [-0.05, 0) is 0 Å². The van der Waals surface area contributed by atoms with Crippen LogP contribution >= 0.6 is 0 Å². The van der Waals surface area contributed by atoms with Gasteiger partial charge in [-0.1, -0.05) is 18.8 Å².